The minimum absolute atomic E-state index is 0.0420. The van der Waals surface area contributed by atoms with Gasteiger partial charge in [-0.15, -0.1) is 11.3 Å². The molecule has 0 spiro atoms. The van der Waals surface area contributed by atoms with E-state index in [4.69, 9.17) is 11.6 Å². The number of rotatable bonds is 3. The van der Waals surface area contributed by atoms with E-state index in [1.807, 2.05) is 24.4 Å². The highest BCUT2D eigenvalue weighted by molar-refractivity contribution is 7.10. The van der Waals surface area contributed by atoms with Crippen molar-refractivity contribution in [1.82, 2.24) is 4.98 Å². The van der Waals surface area contributed by atoms with Gasteiger partial charge in [0.25, 0.3) is 0 Å². The van der Waals surface area contributed by atoms with Gasteiger partial charge in [-0.1, -0.05) is 17.7 Å². The average molecular weight is 267 g/mol. The summed E-state index contributed by atoms with van der Waals surface area (Å²) in [7, 11) is 0. The minimum Gasteiger partial charge on any atom is -0.324 e. The van der Waals surface area contributed by atoms with Crippen molar-refractivity contribution in [3.05, 3.63) is 45.4 Å². The van der Waals surface area contributed by atoms with E-state index in [0.717, 1.165) is 10.6 Å². The van der Waals surface area contributed by atoms with E-state index >= 15 is 0 Å². The quantitative estimate of drug-likeness (QED) is 0.867. The van der Waals surface area contributed by atoms with E-state index in [1.165, 1.54) is 0 Å². The topological polar surface area (TPSA) is 42.0 Å². The third-order valence-electron chi connectivity index (χ3n) is 2.24. The number of carbonyl (C=O) groups is 1. The highest BCUT2D eigenvalue weighted by Crippen LogP contribution is 2.16. The molecule has 2 aromatic rings. The maximum Gasteiger partial charge on any atom is 0.229 e. The number of aryl methyl sites for hydroxylation is 1. The van der Waals surface area contributed by atoms with Crippen LogP contribution in [0.5, 0.6) is 0 Å². The molecule has 2 heterocycles. The first-order chi connectivity index (χ1) is 8.15. The van der Waals surface area contributed by atoms with Crippen LogP contribution in [-0.2, 0) is 11.2 Å². The molecule has 0 fully saturated rings. The first kappa shape index (κ1) is 12.1. The molecule has 2 aromatic heterocycles. The van der Waals surface area contributed by atoms with Crippen LogP contribution in [0.15, 0.2) is 29.6 Å². The zero-order chi connectivity index (χ0) is 12.3. The lowest BCUT2D eigenvalue weighted by molar-refractivity contribution is -0.115. The van der Waals surface area contributed by atoms with E-state index in [1.54, 1.807) is 23.5 Å². The first-order valence-corrected chi connectivity index (χ1v) is 6.36. The Balaban J connectivity index is 2.03. The number of hydrogen-bond donors (Lipinski definition) is 1. The molecule has 0 aliphatic heterocycles. The van der Waals surface area contributed by atoms with Crippen LogP contribution in [0.2, 0.25) is 5.15 Å². The van der Waals surface area contributed by atoms with E-state index in [-0.39, 0.29) is 5.91 Å². The third kappa shape index (κ3) is 3.28. The van der Waals surface area contributed by atoms with E-state index < -0.39 is 0 Å². The number of anilines is 1. The van der Waals surface area contributed by atoms with Crippen LogP contribution in [0.25, 0.3) is 0 Å². The smallest absolute Gasteiger partial charge is 0.229 e. The van der Waals surface area contributed by atoms with Gasteiger partial charge in [-0.3, -0.25) is 4.79 Å². The fourth-order valence-electron chi connectivity index (χ4n) is 1.43. The standard InChI is InChI=1S/C12H11ClN2OS/c1-8-10(4-5-11(13)14-8)15-12(16)7-9-3-2-6-17-9/h2-6H,7H2,1H3,(H,15,16). The number of thiophene rings is 1. The molecule has 0 aromatic carbocycles. The van der Waals surface area contributed by atoms with Gasteiger partial charge in [-0.25, -0.2) is 4.98 Å². The Hall–Kier alpha value is -1.39. The van der Waals surface area contributed by atoms with Crippen LogP contribution in [0.3, 0.4) is 0 Å². The molecule has 0 saturated carbocycles. The highest BCUT2D eigenvalue weighted by Gasteiger charge is 2.07. The molecule has 5 heteroatoms. The second-order valence-electron chi connectivity index (χ2n) is 3.57. The number of amides is 1. The number of nitrogens with one attached hydrogen (secondary N) is 1. The number of hydrogen-bond acceptors (Lipinski definition) is 3. The van der Waals surface area contributed by atoms with Gasteiger partial charge in [-0.2, -0.15) is 0 Å². The Morgan fingerprint density at radius 1 is 1.47 bits per heavy atom. The summed E-state index contributed by atoms with van der Waals surface area (Å²) < 4.78 is 0. The summed E-state index contributed by atoms with van der Waals surface area (Å²) in [6, 6.07) is 7.30. The summed E-state index contributed by atoms with van der Waals surface area (Å²) >= 11 is 7.32. The molecule has 1 N–H and O–H groups in total. The summed E-state index contributed by atoms with van der Waals surface area (Å²) in [5.41, 5.74) is 1.42. The van der Waals surface area contributed by atoms with Crippen molar-refractivity contribution < 1.29 is 4.79 Å². The zero-order valence-electron chi connectivity index (χ0n) is 9.24. The molecule has 0 aliphatic rings. The SMILES string of the molecule is Cc1nc(Cl)ccc1NC(=O)Cc1cccs1. The summed E-state index contributed by atoms with van der Waals surface area (Å²) in [5, 5.41) is 5.21. The molecular formula is C12H11ClN2OS. The highest BCUT2D eigenvalue weighted by atomic mass is 35.5. The van der Waals surface area contributed by atoms with Crippen molar-refractivity contribution in [3.63, 3.8) is 0 Å². The summed E-state index contributed by atoms with van der Waals surface area (Å²) in [6.07, 6.45) is 0.389. The van der Waals surface area contributed by atoms with Gasteiger partial charge in [0.15, 0.2) is 0 Å². The maximum atomic E-state index is 11.8. The van der Waals surface area contributed by atoms with Crippen molar-refractivity contribution in [2.24, 2.45) is 0 Å². The van der Waals surface area contributed by atoms with E-state index in [2.05, 4.69) is 10.3 Å². The summed E-state index contributed by atoms with van der Waals surface area (Å²) in [6.45, 7) is 1.81. The Morgan fingerprint density at radius 3 is 2.94 bits per heavy atom. The van der Waals surface area contributed by atoms with Gasteiger partial charge in [0, 0.05) is 4.88 Å². The monoisotopic (exact) mass is 266 g/mol. The molecule has 1 amide bonds. The second kappa shape index (κ2) is 5.29. The molecule has 0 saturated heterocycles. The van der Waals surface area contributed by atoms with Gasteiger partial charge in [0.2, 0.25) is 5.91 Å². The molecule has 88 valence electrons. The third-order valence-corrected chi connectivity index (χ3v) is 3.33. The molecule has 17 heavy (non-hydrogen) atoms. The van der Waals surface area contributed by atoms with Gasteiger partial charge < -0.3 is 5.32 Å². The largest absolute Gasteiger partial charge is 0.324 e. The predicted octanol–water partition coefficient (Wildman–Crippen LogP) is 3.29. The van der Waals surface area contributed by atoms with Gasteiger partial charge in [0.1, 0.15) is 5.15 Å². The van der Waals surface area contributed by atoms with Crippen molar-refractivity contribution in [3.8, 4) is 0 Å². The van der Waals surface area contributed by atoms with Crippen LogP contribution in [0.1, 0.15) is 10.6 Å². The zero-order valence-corrected chi connectivity index (χ0v) is 10.8. The lowest BCUT2D eigenvalue weighted by Crippen LogP contribution is -2.14. The predicted molar refractivity (Wildman–Crippen MR) is 70.6 cm³/mol. The van der Waals surface area contributed by atoms with Crippen LogP contribution >= 0.6 is 22.9 Å². The Bertz CT molecular complexity index is 525. The van der Waals surface area contributed by atoms with E-state index in [0.29, 0.717) is 17.3 Å². The number of pyridine rings is 1. The average Bonchev–Trinajstić information content (AvgIpc) is 2.75. The normalized spacial score (nSPS) is 10.2. The maximum absolute atomic E-state index is 11.8. The van der Waals surface area contributed by atoms with E-state index in [9.17, 15) is 4.79 Å². The van der Waals surface area contributed by atoms with Crippen LogP contribution in [0.4, 0.5) is 5.69 Å². The summed E-state index contributed by atoms with van der Waals surface area (Å²) in [5.74, 6) is -0.0420. The van der Waals surface area contributed by atoms with Crippen LogP contribution in [0, 0.1) is 6.92 Å². The minimum atomic E-state index is -0.0420. The molecular weight excluding hydrogens is 256 g/mol. The van der Waals surface area contributed by atoms with Gasteiger partial charge in [0.05, 0.1) is 17.8 Å². The fourth-order valence-corrected chi connectivity index (χ4v) is 2.32. The van der Waals surface area contributed by atoms with Crippen LogP contribution in [-0.4, -0.2) is 10.9 Å². The van der Waals surface area contributed by atoms with Gasteiger partial charge >= 0.3 is 0 Å². The number of halogens is 1. The first-order valence-electron chi connectivity index (χ1n) is 5.10. The molecule has 0 radical (unpaired) electrons. The lowest BCUT2D eigenvalue weighted by Gasteiger charge is -2.07. The Kier molecular flexibility index (Phi) is 3.76. The van der Waals surface area contributed by atoms with Crippen molar-refractivity contribution in [2.75, 3.05) is 5.32 Å². The van der Waals surface area contributed by atoms with Crippen LogP contribution < -0.4 is 5.32 Å². The Morgan fingerprint density at radius 2 is 2.29 bits per heavy atom. The molecule has 0 atom stereocenters. The second-order valence-corrected chi connectivity index (χ2v) is 4.99. The number of aromatic nitrogens is 1. The number of carbonyl (C=O) groups excluding carboxylic acids is 1. The molecule has 0 aliphatic carbocycles. The van der Waals surface area contributed by atoms with Crippen molar-refractivity contribution >= 4 is 34.5 Å². The van der Waals surface area contributed by atoms with Crippen molar-refractivity contribution in [2.45, 2.75) is 13.3 Å². The molecule has 2 rings (SSSR count). The lowest BCUT2D eigenvalue weighted by atomic mass is 10.3. The number of nitrogens with zero attached hydrogens (tertiary/aromatic N) is 1. The van der Waals surface area contributed by atoms with Crippen molar-refractivity contribution in [1.29, 1.82) is 0 Å². The fraction of sp³-hybridized carbons (Fsp3) is 0.167. The summed E-state index contributed by atoms with van der Waals surface area (Å²) in [4.78, 5) is 16.9. The molecule has 0 bridgehead atoms. The molecule has 0 unspecified atom stereocenters. The van der Waals surface area contributed by atoms with Gasteiger partial charge in [-0.05, 0) is 30.5 Å². The molecule has 3 nitrogen and oxygen atoms in total. The Labute approximate surface area is 108 Å².